The van der Waals surface area contributed by atoms with Gasteiger partial charge in [0.2, 0.25) is 0 Å². The summed E-state index contributed by atoms with van der Waals surface area (Å²) < 4.78 is 5.54. The average molecular weight is 220 g/mol. The van der Waals surface area contributed by atoms with Crippen LogP contribution in [0.25, 0.3) is 0 Å². The van der Waals surface area contributed by atoms with Crippen LogP contribution >= 0.6 is 0 Å². The zero-order valence-corrected chi connectivity index (χ0v) is 10.1. The Bertz CT molecular complexity index is 304. The predicted molar refractivity (Wildman–Crippen MR) is 65.6 cm³/mol. The van der Waals surface area contributed by atoms with Crippen molar-refractivity contribution in [3.63, 3.8) is 0 Å². The number of unbranched alkanes of at least 4 members (excludes halogenated alkanes) is 1. The van der Waals surface area contributed by atoms with Crippen LogP contribution in [0.5, 0.6) is 5.75 Å². The molecule has 0 radical (unpaired) electrons. The van der Waals surface area contributed by atoms with Gasteiger partial charge in [0.25, 0.3) is 0 Å². The summed E-state index contributed by atoms with van der Waals surface area (Å²) in [6, 6.07) is 9.77. The second kappa shape index (κ2) is 7.04. The van der Waals surface area contributed by atoms with Gasteiger partial charge in [-0.15, -0.1) is 0 Å². The SMILES string of the molecule is CC(C)C(=O)CCCCOc1ccccc1. The zero-order chi connectivity index (χ0) is 11.8. The number of hydrogen-bond donors (Lipinski definition) is 0. The molecule has 0 N–H and O–H groups in total. The van der Waals surface area contributed by atoms with Crippen LogP contribution in [0, 0.1) is 5.92 Å². The van der Waals surface area contributed by atoms with Crippen molar-refractivity contribution >= 4 is 5.78 Å². The van der Waals surface area contributed by atoms with Crippen LogP contribution in [-0.2, 0) is 4.79 Å². The molecule has 1 rings (SSSR count). The molecule has 0 aromatic heterocycles. The van der Waals surface area contributed by atoms with Crippen molar-refractivity contribution in [2.45, 2.75) is 33.1 Å². The maximum absolute atomic E-state index is 11.3. The maximum Gasteiger partial charge on any atom is 0.135 e. The summed E-state index contributed by atoms with van der Waals surface area (Å²) in [7, 11) is 0. The topological polar surface area (TPSA) is 26.3 Å². The molecule has 0 aliphatic rings. The van der Waals surface area contributed by atoms with Crippen LogP contribution < -0.4 is 4.74 Å². The molecule has 16 heavy (non-hydrogen) atoms. The minimum Gasteiger partial charge on any atom is -0.494 e. The lowest BCUT2D eigenvalue weighted by molar-refractivity contribution is -0.122. The molecule has 0 aliphatic carbocycles. The lowest BCUT2D eigenvalue weighted by Gasteiger charge is -2.06. The third kappa shape index (κ3) is 4.96. The lowest BCUT2D eigenvalue weighted by Crippen LogP contribution is -2.07. The molecule has 0 spiro atoms. The fourth-order valence-electron chi connectivity index (χ4n) is 1.40. The van der Waals surface area contributed by atoms with Gasteiger partial charge in [-0.2, -0.15) is 0 Å². The number of hydrogen-bond acceptors (Lipinski definition) is 2. The van der Waals surface area contributed by atoms with Gasteiger partial charge < -0.3 is 4.74 Å². The van der Waals surface area contributed by atoms with Gasteiger partial charge in [0.05, 0.1) is 6.61 Å². The van der Waals surface area contributed by atoms with Gasteiger partial charge in [0, 0.05) is 12.3 Å². The number of benzene rings is 1. The second-order valence-corrected chi connectivity index (χ2v) is 4.24. The fraction of sp³-hybridized carbons (Fsp3) is 0.500. The summed E-state index contributed by atoms with van der Waals surface area (Å²) in [6.45, 7) is 4.58. The molecule has 1 aromatic rings. The summed E-state index contributed by atoms with van der Waals surface area (Å²) >= 11 is 0. The van der Waals surface area contributed by atoms with E-state index in [-0.39, 0.29) is 5.92 Å². The number of ether oxygens (including phenoxy) is 1. The Morgan fingerprint density at radius 3 is 2.50 bits per heavy atom. The van der Waals surface area contributed by atoms with Gasteiger partial charge in [-0.05, 0) is 25.0 Å². The Hall–Kier alpha value is -1.31. The monoisotopic (exact) mass is 220 g/mol. The normalized spacial score (nSPS) is 10.4. The van der Waals surface area contributed by atoms with Crippen LogP contribution in [-0.4, -0.2) is 12.4 Å². The Kier molecular flexibility index (Phi) is 5.62. The summed E-state index contributed by atoms with van der Waals surface area (Å²) in [5.74, 6) is 1.41. The smallest absolute Gasteiger partial charge is 0.135 e. The Morgan fingerprint density at radius 2 is 1.88 bits per heavy atom. The van der Waals surface area contributed by atoms with E-state index >= 15 is 0 Å². The van der Waals surface area contributed by atoms with E-state index in [0.29, 0.717) is 18.8 Å². The highest BCUT2D eigenvalue weighted by Gasteiger charge is 2.05. The largest absolute Gasteiger partial charge is 0.494 e. The Labute approximate surface area is 97.6 Å². The van der Waals surface area contributed by atoms with E-state index in [1.807, 2.05) is 44.2 Å². The third-order valence-electron chi connectivity index (χ3n) is 2.47. The van der Waals surface area contributed by atoms with E-state index in [4.69, 9.17) is 4.74 Å². The van der Waals surface area contributed by atoms with Gasteiger partial charge in [0.15, 0.2) is 0 Å². The number of rotatable bonds is 7. The second-order valence-electron chi connectivity index (χ2n) is 4.24. The lowest BCUT2D eigenvalue weighted by atomic mass is 10.0. The average Bonchev–Trinajstić information content (AvgIpc) is 2.29. The third-order valence-corrected chi connectivity index (χ3v) is 2.47. The van der Waals surface area contributed by atoms with E-state index in [1.54, 1.807) is 0 Å². The predicted octanol–water partition coefficient (Wildman–Crippen LogP) is 3.46. The Morgan fingerprint density at radius 1 is 1.19 bits per heavy atom. The molecule has 0 unspecified atom stereocenters. The molecule has 2 nitrogen and oxygen atoms in total. The van der Waals surface area contributed by atoms with Crippen molar-refractivity contribution < 1.29 is 9.53 Å². The molecule has 0 fully saturated rings. The molecular formula is C14H20O2. The first-order valence-corrected chi connectivity index (χ1v) is 5.90. The van der Waals surface area contributed by atoms with E-state index in [2.05, 4.69) is 0 Å². The molecule has 0 aliphatic heterocycles. The van der Waals surface area contributed by atoms with Gasteiger partial charge in [-0.1, -0.05) is 32.0 Å². The van der Waals surface area contributed by atoms with Gasteiger partial charge >= 0.3 is 0 Å². The van der Waals surface area contributed by atoms with Gasteiger partial charge in [-0.3, -0.25) is 4.79 Å². The molecular weight excluding hydrogens is 200 g/mol. The maximum atomic E-state index is 11.3. The van der Waals surface area contributed by atoms with E-state index in [0.717, 1.165) is 18.6 Å². The summed E-state index contributed by atoms with van der Waals surface area (Å²) in [5.41, 5.74) is 0. The molecule has 0 saturated heterocycles. The van der Waals surface area contributed by atoms with Crippen molar-refractivity contribution in [1.29, 1.82) is 0 Å². The van der Waals surface area contributed by atoms with E-state index in [9.17, 15) is 4.79 Å². The first-order valence-electron chi connectivity index (χ1n) is 5.90. The first-order chi connectivity index (χ1) is 7.70. The minimum atomic E-state index is 0.162. The molecule has 1 aromatic carbocycles. The standard InChI is InChI=1S/C14H20O2/c1-12(2)14(15)10-6-7-11-16-13-8-4-3-5-9-13/h3-5,8-9,12H,6-7,10-11H2,1-2H3. The van der Waals surface area contributed by atoms with Crippen molar-refractivity contribution in [3.05, 3.63) is 30.3 Å². The number of carbonyl (C=O) groups is 1. The van der Waals surface area contributed by atoms with Crippen molar-refractivity contribution in [2.75, 3.05) is 6.61 Å². The highest BCUT2D eigenvalue weighted by Crippen LogP contribution is 2.10. The van der Waals surface area contributed by atoms with Crippen molar-refractivity contribution in [1.82, 2.24) is 0 Å². The van der Waals surface area contributed by atoms with Crippen LogP contribution in [0.3, 0.4) is 0 Å². The van der Waals surface area contributed by atoms with Crippen LogP contribution in [0.2, 0.25) is 0 Å². The highest BCUT2D eigenvalue weighted by molar-refractivity contribution is 5.80. The van der Waals surface area contributed by atoms with Crippen LogP contribution in [0.4, 0.5) is 0 Å². The van der Waals surface area contributed by atoms with E-state index < -0.39 is 0 Å². The zero-order valence-electron chi connectivity index (χ0n) is 10.1. The molecule has 0 heterocycles. The summed E-state index contributed by atoms with van der Waals surface area (Å²) in [6.07, 6.45) is 2.53. The number of Topliss-reactive ketones (excluding diaryl/α,β-unsaturated/α-hetero) is 1. The number of carbonyl (C=O) groups excluding carboxylic acids is 1. The summed E-state index contributed by atoms with van der Waals surface area (Å²) in [5, 5.41) is 0. The molecule has 0 saturated carbocycles. The number of ketones is 1. The quantitative estimate of drug-likeness (QED) is 0.658. The molecule has 0 bridgehead atoms. The fourth-order valence-corrected chi connectivity index (χ4v) is 1.40. The molecule has 0 amide bonds. The number of para-hydroxylation sites is 1. The molecule has 2 heteroatoms. The van der Waals surface area contributed by atoms with E-state index in [1.165, 1.54) is 0 Å². The molecule has 88 valence electrons. The first kappa shape index (κ1) is 12.8. The minimum absolute atomic E-state index is 0.162. The Balaban J connectivity index is 2.07. The molecule has 0 atom stereocenters. The van der Waals surface area contributed by atoms with Crippen LogP contribution in [0.15, 0.2) is 30.3 Å². The summed E-state index contributed by atoms with van der Waals surface area (Å²) in [4.78, 5) is 11.3. The van der Waals surface area contributed by atoms with Crippen molar-refractivity contribution in [2.24, 2.45) is 5.92 Å². The van der Waals surface area contributed by atoms with Crippen molar-refractivity contribution in [3.8, 4) is 5.75 Å². The van der Waals surface area contributed by atoms with Gasteiger partial charge in [-0.25, -0.2) is 0 Å². The highest BCUT2D eigenvalue weighted by atomic mass is 16.5. The van der Waals surface area contributed by atoms with Gasteiger partial charge in [0.1, 0.15) is 11.5 Å². The van der Waals surface area contributed by atoms with Crippen LogP contribution in [0.1, 0.15) is 33.1 Å².